The van der Waals surface area contributed by atoms with E-state index >= 15 is 0 Å². The van der Waals surface area contributed by atoms with E-state index in [2.05, 4.69) is 230 Å². The van der Waals surface area contributed by atoms with Crippen molar-refractivity contribution in [2.24, 2.45) is 9.98 Å². The third-order valence-corrected chi connectivity index (χ3v) is 13.3. The van der Waals surface area contributed by atoms with Crippen LogP contribution in [-0.2, 0) is 5.41 Å². The lowest BCUT2D eigenvalue weighted by atomic mass is 9.81. The number of rotatable bonds is 7. The molecule has 2 aliphatic rings. The zero-order valence-electron chi connectivity index (χ0n) is 35.7. The lowest BCUT2D eigenvalue weighted by molar-refractivity contribution is 0.660. The number of nitrogens with zero attached hydrogens (tertiary/aromatic N) is 3. The maximum Gasteiger partial charge on any atom is 0.159 e. The molecular weight excluding hydrogens is 777 g/mol. The van der Waals surface area contributed by atoms with Crippen molar-refractivity contribution in [1.29, 1.82) is 0 Å². The molecule has 1 aliphatic carbocycles. The zero-order valence-corrected chi connectivity index (χ0v) is 35.7. The molecule has 10 aromatic rings. The van der Waals surface area contributed by atoms with Gasteiger partial charge in [0.2, 0.25) is 0 Å². The maximum absolute atomic E-state index is 5.26. The van der Waals surface area contributed by atoms with E-state index < -0.39 is 0 Å². The van der Waals surface area contributed by atoms with Gasteiger partial charge in [-0.05, 0) is 86.0 Å². The van der Waals surface area contributed by atoms with Gasteiger partial charge in [0.15, 0.2) is 5.84 Å². The number of hydrogen-bond donors (Lipinski definition) is 1. The van der Waals surface area contributed by atoms with Crippen LogP contribution in [0.15, 0.2) is 228 Å². The fourth-order valence-electron chi connectivity index (χ4n) is 10.0. The summed E-state index contributed by atoms with van der Waals surface area (Å²) in [5.41, 5.74) is 18.9. The molecule has 4 nitrogen and oxygen atoms in total. The predicted octanol–water partition coefficient (Wildman–Crippen LogP) is 14.6. The van der Waals surface area contributed by atoms with Gasteiger partial charge in [0, 0.05) is 38.6 Å². The van der Waals surface area contributed by atoms with Crippen LogP contribution in [0.5, 0.6) is 0 Å². The summed E-state index contributed by atoms with van der Waals surface area (Å²) in [5.74, 6) is 1.48. The first-order valence-electron chi connectivity index (χ1n) is 22.1. The minimum atomic E-state index is -0.305. The molecule has 64 heavy (non-hydrogen) atoms. The van der Waals surface area contributed by atoms with Gasteiger partial charge in [-0.3, -0.25) is 0 Å². The highest BCUT2D eigenvalue weighted by molar-refractivity contribution is 6.15. The number of aromatic nitrogens is 1. The average molecular weight is 821 g/mol. The summed E-state index contributed by atoms with van der Waals surface area (Å²) in [5, 5.41) is 6.08. The van der Waals surface area contributed by atoms with Gasteiger partial charge in [0.25, 0.3) is 0 Å². The van der Waals surface area contributed by atoms with Gasteiger partial charge in [-0.1, -0.05) is 202 Å². The Balaban J connectivity index is 0.969. The molecular formula is C60H44N4. The van der Waals surface area contributed by atoms with Crippen LogP contribution in [-0.4, -0.2) is 16.2 Å². The molecule has 1 aromatic heterocycles. The summed E-state index contributed by atoms with van der Waals surface area (Å²) >= 11 is 0. The zero-order chi connectivity index (χ0) is 42.8. The van der Waals surface area contributed by atoms with Crippen molar-refractivity contribution in [2.45, 2.75) is 25.4 Å². The molecule has 9 aromatic carbocycles. The van der Waals surface area contributed by atoms with Gasteiger partial charge < -0.3 is 9.88 Å². The summed E-state index contributed by atoms with van der Waals surface area (Å²) in [6, 6.07) is 78.6. The molecule has 0 spiro atoms. The number of aliphatic imine (C=N–C) groups is 2. The molecule has 4 heteroatoms. The topological polar surface area (TPSA) is 41.7 Å². The van der Waals surface area contributed by atoms with Gasteiger partial charge in [-0.15, -0.1) is 0 Å². The van der Waals surface area contributed by atoms with E-state index in [1.807, 2.05) is 12.1 Å². The Morgan fingerprint density at radius 2 is 1.03 bits per heavy atom. The third kappa shape index (κ3) is 6.29. The van der Waals surface area contributed by atoms with Crippen LogP contribution in [0.1, 0.15) is 47.8 Å². The van der Waals surface area contributed by atoms with E-state index in [4.69, 9.17) is 9.98 Å². The van der Waals surface area contributed by atoms with Crippen LogP contribution in [0.3, 0.4) is 0 Å². The van der Waals surface area contributed by atoms with Gasteiger partial charge in [0.05, 0.1) is 11.0 Å². The number of para-hydroxylation sites is 2. The number of nitrogens with one attached hydrogen (secondary N) is 1. The quantitative estimate of drug-likeness (QED) is 0.171. The molecule has 0 radical (unpaired) electrons. The van der Waals surface area contributed by atoms with Crippen LogP contribution in [0, 0.1) is 0 Å². The minimum Gasteiger partial charge on any atom is -0.344 e. The summed E-state index contributed by atoms with van der Waals surface area (Å²) in [6.07, 6.45) is -0.305. The highest BCUT2D eigenvalue weighted by Crippen LogP contribution is 2.50. The van der Waals surface area contributed by atoms with Crippen molar-refractivity contribution in [3.05, 3.63) is 246 Å². The molecule has 0 saturated heterocycles. The monoisotopic (exact) mass is 820 g/mol. The van der Waals surface area contributed by atoms with Crippen LogP contribution < -0.4 is 5.32 Å². The summed E-state index contributed by atoms with van der Waals surface area (Å²) in [6.45, 7) is 4.70. The molecule has 1 N–H and O–H groups in total. The lowest BCUT2D eigenvalue weighted by Crippen LogP contribution is -2.33. The SMILES string of the molecule is CC1(C)c2ccccc2-c2ccc(-c3cccc(-c4cccc5c6ccccc6n(-c6cccc(C7=NC(c8ccccc8)NC(c8ccc(-c9ccccc9)cc8)=N7)c6)c45)c3)cc21. The van der Waals surface area contributed by atoms with Gasteiger partial charge in [-0.25, -0.2) is 9.98 Å². The molecule has 0 bridgehead atoms. The first kappa shape index (κ1) is 37.7. The first-order chi connectivity index (χ1) is 31.5. The maximum atomic E-state index is 5.26. The van der Waals surface area contributed by atoms with Crippen LogP contribution in [0.2, 0.25) is 0 Å². The Bertz CT molecular complexity index is 3480. The Morgan fingerprint density at radius 1 is 0.438 bits per heavy atom. The lowest BCUT2D eigenvalue weighted by Gasteiger charge is -2.24. The van der Waals surface area contributed by atoms with Crippen molar-refractivity contribution in [2.75, 3.05) is 0 Å². The predicted molar refractivity (Wildman–Crippen MR) is 266 cm³/mol. The van der Waals surface area contributed by atoms with E-state index in [1.165, 1.54) is 66.4 Å². The largest absolute Gasteiger partial charge is 0.344 e. The van der Waals surface area contributed by atoms with Crippen LogP contribution in [0.25, 0.3) is 72.0 Å². The molecule has 0 amide bonds. The number of fused-ring (bicyclic) bond motifs is 6. The Labute approximate surface area is 373 Å². The highest BCUT2D eigenvalue weighted by Gasteiger charge is 2.35. The smallest absolute Gasteiger partial charge is 0.159 e. The van der Waals surface area contributed by atoms with Crippen LogP contribution >= 0.6 is 0 Å². The fourth-order valence-corrected chi connectivity index (χ4v) is 10.0. The van der Waals surface area contributed by atoms with Gasteiger partial charge in [-0.2, -0.15) is 0 Å². The number of benzene rings is 9. The fraction of sp³-hybridized carbons (Fsp3) is 0.0667. The van der Waals surface area contributed by atoms with Crippen LogP contribution in [0.4, 0.5) is 0 Å². The van der Waals surface area contributed by atoms with Crippen molar-refractivity contribution in [3.8, 4) is 50.2 Å². The second-order valence-electron chi connectivity index (χ2n) is 17.4. The normalized spacial score (nSPS) is 15.0. The second-order valence-corrected chi connectivity index (χ2v) is 17.4. The Kier molecular flexibility index (Phi) is 8.87. The standard InChI is InChI=1S/C60H44N4/c1-60(2)53-28-11-9-24-49(53)50-35-34-44(38-54(50)60)43-20-13-21-45(36-43)48-26-15-27-52-51-25-10-12-29-55(51)64(56(48)52)47-23-14-22-46(37-47)59-62-57(41-18-7-4-8-19-41)61-58(63-59)42-32-30-40(31-33-42)39-16-5-3-6-17-39/h3-38,57H,1-2H3,(H,61,62,63). The van der Waals surface area contributed by atoms with Gasteiger partial charge in [0.1, 0.15) is 12.0 Å². The molecule has 0 saturated carbocycles. The first-order valence-corrected chi connectivity index (χ1v) is 22.1. The molecule has 304 valence electrons. The minimum absolute atomic E-state index is 0.0657. The molecule has 12 rings (SSSR count). The van der Waals surface area contributed by atoms with E-state index in [0.29, 0.717) is 5.84 Å². The number of hydrogen-bond acceptors (Lipinski definition) is 3. The van der Waals surface area contributed by atoms with Crippen molar-refractivity contribution in [1.82, 2.24) is 9.88 Å². The second kappa shape index (κ2) is 15.1. The van der Waals surface area contributed by atoms with E-state index in [0.717, 1.165) is 39.3 Å². The third-order valence-electron chi connectivity index (χ3n) is 13.3. The molecule has 0 fully saturated rings. The molecule has 1 aliphatic heterocycles. The molecule has 1 atom stereocenters. The summed E-state index contributed by atoms with van der Waals surface area (Å²) < 4.78 is 2.43. The van der Waals surface area contributed by atoms with Crippen molar-refractivity contribution < 1.29 is 0 Å². The van der Waals surface area contributed by atoms with Crippen molar-refractivity contribution >= 4 is 33.5 Å². The molecule has 1 unspecified atom stereocenters. The van der Waals surface area contributed by atoms with E-state index in [9.17, 15) is 0 Å². The Morgan fingerprint density at radius 3 is 1.89 bits per heavy atom. The average Bonchev–Trinajstić information content (AvgIpc) is 3.82. The van der Waals surface area contributed by atoms with Gasteiger partial charge >= 0.3 is 0 Å². The summed E-state index contributed by atoms with van der Waals surface area (Å²) in [4.78, 5) is 10.5. The number of amidine groups is 2. The Hall–Kier alpha value is -8.08. The van der Waals surface area contributed by atoms with E-state index in [1.54, 1.807) is 0 Å². The van der Waals surface area contributed by atoms with E-state index in [-0.39, 0.29) is 11.6 Å². The summed E-state index contributed by atoms with van der Waals surface area (Å²) in [7, 11) is 0. The molecule has 2 heterocycles. The van der Waals surface area contributed by atoms with Crippen molar-refractivity contribution in [3.63, 3.8) is 0 Å². The highest BCUT2D eigenvalue weighted by atomic mass is 15.2.